The van der Waals surface area contributed by atoms with Gasteiger partial charge in [0.2, 0.25) is 5.92 Å². The van der Waals surface area contributed by atoms with Gasteiger partial charge in [0.15, 0.2) is 5.65 Å². The quantitative estimate of drug-likeness (QED) is 0.329. The van der Waals surface area contributed by atoms with Crippen LogP contribution in [0.3, 0.4) is 0 Å². The average Bonchev–Trinajstić information content (AvgIpc) is 3.23. The topological polar surface area (TPSA) is 128 Å². The Balaban J connectivity index is 1.71. The molecule has 9 nitrogen and oxygen atoms in total. The standard InChI is InChI=1S/C28H38F2N6O3S/c1-25(2,3)39-24(37)34-22(18-8-12-28(29,30)13-9-18)20-16-36-21(33-20)14-19(15-32-36)23(27(17-31)10-7-11-27)35-40(38)26(4,5)6/h14-16,18,22H,7-13H2,1-6H3,(H,34,37)/t22-,40?/m0/s1. The number of alkyl halides is 2. The highest BCUT2D eigenvalue weighted by molar-refractivity contribution is 7.91. The van der Waals surface area contributed by atoms with E-state index < -0.39 is 45.2 Å². The maximum absolute atomic E-state index is 13.9. The molecule has 4 rings (SSSR count). The van der Waals surface area contributed by atoms with Gasteiger partial charge in [-0.1, -0.05) is 4.40 Å². The monoisotopic (exact) mass is 576 g/mol. The van der Waals surface area contributed by atoms with E-state index >= 15 is 0 Å². The van der Waals surface area contributed by atoms with Crippen molar-refractivity contribution in [3.8, 4) is 6.07 Å². The van der Waals surface area contributed by atoms with Crippen molar-refractivity contribution in [2.45, 2.75) is 109 Å². The van der Waals surface area contributed by atoms with Gasteiger partial charge in [-0.2, -0.15) is 10.4 Å². The van der Waals surface area contributed by atoms with Gasteiger partial charge < -0.3 is 14.6 Å². The lowest BCUT2D eigenvalue weighted by atomic mass is 9.65. The highest BCUT2D eigenvalue weighted by atomic mass is 32.2. The number of hydrogen-bond donors (Lipinski definition) is 1. The number of carbonyl (C=O) groups is 1. The molecule has 2 fully saturated rings. The van der Waals surface area contributed by atoms with E-state index in [1.165, 1.54) is 4.52 Å². The van der Waals surface area contributed by atoms with Crippen molar-refractivity contribution >= 4 is 28.8 Å². The molecule has 218 valence electrons. The summed E-state index contributed by atoms with van der Waals surface area (Å²) in [5.41, 5.74) is 0.326. The van der Waals surface area contributed by atoms with Crippen LogP contribution in [0.25, 0.3) is 5.65 Å². The predicted molar refractivity (Wildman–Crippen MR) is 148 cm³/mol. The zero-order valence-electron chi connectivity index (χ0n) is 24.0. The molecule has 0 saturated heterocycles. The Labute approximate surface area is 237 Å². The van der Waals surface area contributed by atoms with Crippen molar-refractivity contribution < 1.29 is 22.9 Å². The zero-order chi connectivity index (χ0) is 29.5. The lowest BCUT2D eigenvalue weighted by molar-refractivity contribution is -0.0500. The number of nitrogens with one attached hydrogen (secondary N) is 1. The predicted octanol–water partition coefficient (Wildman–Crippen LogP) is 6.07. The first kappa shape index (κ1) is 30.2. The second-order valence-corrected chi connectivity index (χ2v) is 14.8. The summed E-state index contributed by atoms with van der Waals surface area (Å²) in [6.45, 7) is 10.7. The van der Waals surface area contributed by atoms with Crippen LogP contribution in [0.4, 0.5) is 13.6 Å². The fourth-order valence-corrected chi connectivity index (χ4v) is 5.73. The molecular weight excluding hydrogens is 538 g/mol. The molecular formula is C28H38F2N6O3S. The third kappa shape index (κ3) is 6.74. The van der Waals surface area contributed by atoms with Crippen LogP contribution in [0.5, 0.6) is 0 Å². The number of alkyl carbamates (subject to hydrolysis) is 1. The highest BCUT2D eigenvalue weighted by Crippen LogP contribution is 2.45. The van der Waals surface area contributed by atoms with Crippen LogP contribution in [0.2, 0.25) is 0 Å². The summed E-state index contributed by atoms with van der Waals surface area (Å²) >= 11 is -1.59. The lowest BCUT2D eigenvalue weighted by Gasteiger charge is -2.36. The number of nitrogens with zero attached hydrogens (tertiary/aromatic N) is 5. The maximum atomic E-state index is 13.9. The SMILES string of the molecule is CC(C)(C)OC(=O)N[C@H](c1cn2ncc(C(=N[S+]([O-])C(C)(C)C)C3(C#N)CCC3)cc2n1)C1CCC(F)(F)CC1. The van der Waals surface area contributed by atoms with Gasteiger partial charge in [0.1, 0.15) is 32.8 Å². The number of fused-ring (bicyclic) bond motifs is 1. The first-order chi connectivity index (χ1) is 18.5. The molecule has 0 spiro atoms. The van der Waals surface area contributed by atoms with E-state index in [0.29, 0.717) is 35.5 Å². The zero-order valence-corrected chi connectivity index (χ0v) is 24.8. The first-order valence-electron chi connectivity index (χ1n) is 13.7. The molecule has 0 bridgehead atoms. The Kier molecular flexibility index (Phi) is 8.22. The summed E-state index contributed by atoms with van der Waals surface area (Å²) in [4.78, 5) is 17.5. The van der Waals surface area contributed by atoms with E-state index in [2.05, 4.69) is 20.9 Å². The van der Waals surface area contributed by atoms with Crippen molar-refractivity contribution in [2.24, 2.45) is 15.7 Å². The number of amides is 1. The fourth-order valence-electron chi connectivity index (χ4n) is 5.01. The molecule has 2 aliphatic carbocycles. The molecule has 12 heteroatoms. The molecule has 1 unspecified atom stereocenters. The minimum absolute atomic E-state index is 0.222. The normalized spacial score (nSPS) is 21.2. The summed E-state index contributed by atoms with van der Waals surface area (Å²) in [6.07, 6.45) is 4.61. The molecule has 0 aromatic carbocycles. The maximum Gasteiger partial charge on any atom is 0.408 e. The Morgan fingerprint density at radius 3 is 2.42 bits per heavy atom. The van der Waals surface area contributed by atoms with Crippen molar-refractivity contribution in [1.29, 1.82) is 5.26 Å². The Morgan fingerprint density at radius 2 is 1.90 bits per heavy atom. The van der Waals surface area contributed by atoms with E-state index in [1.54, 1.807) is 39.2 Å². The van der Waals surface area contributed by atoms with E-state index in [1.807, 2.05) is 20.8 Å². The molecule has 2 aliphatic rings. The smallest absolute Gasteiger partial charge is 0.408 e. The Morgan fingerprint density at radius 1 is 1.25 bits per heavy atom. The van der Waals surface area contributed by atoms with Crippen LogP contribution in [-0.4, -0.2) is 47.2 Å². The highest BCUT2D eigenvalue weighted by Gasteiger charge is 2.46. The summed E-state index contributed by atoms with van der Waals surface area (Å²) in [6, 6.07) is 3.47. The fraction of sp³-hybridized carbons (Fsp3) is 0.679. The minimum Gasteiger partial charge on any atom is -0.591 e. The van der Waals surface area contributed by atoms with Crippen LogP contribution in [0.15, 0.2) is 22.9 Å². The van der Waals surface area contributed by atoms with Gasteiger partial charge in [0.25, 0.3) is 0 Å². The van der Waals surface area contributed by atoms with E-state index in [9.17, 15) is 23.4 Å². The molecule has 2 saturated carbocycles. The van der Waals surface area contributed by atoms with E-state index in [-0.39, 0.29) is 31.6 Å². The van der Waals surface area contributed by atoms with Gasteiger partial charge in [0.05, 0.1) is 30.2 Å². The van der Waals surface area contributed by atoms with Crippen molar-refractivity contribution in [3.05, 3.63) is 29.7 Å². The van der Waals surface area contributed by atoms with Gasteiger partial charge in [0, 0.05) is 18.4 Å². The van der Waals surface area contributed by atoms with Gasteiger partial charge in [-0.05, 0) is 85.6 Å². The van der Waals surface area contributed by atoms with Crippen molar-refractivity contribution in [3.63, 3.8) is 0 Å². The van der Waals surface area contributed by atoms with Crippen LogP contribution >= 0.6 is 0 Å². The molecule has 2 aromatic rings. The number of ether oxygens (including phenoxy) is 1. The molecule has 0 aliphatic heterocycles. The lowest BCUT2D eigenvalue weighted by Crippen LogP contribution is -2.40. The third-order valence-corrected chi connectivity index (χ3v) is 8.80. The van der Waals surface area contributed by atoms with E-state index in [0.717, 1.165) is 6.42 Å². The van der Waals surface area contributed by atoms with Crippen molar-refractivity contribution in [1.82, 2.24) is 19.9 Å². The number of nitriles is 1. The van der Waals surface area contributed by atoms with Crippen LogP contribution in [-0.2, 0) is 16.1 Å². The second-order valence-electron chi connectivity index (χ2n) is 12.9. The molecule has 1 N–H and O–H groups in total. The Hall–Kier alpha value is -2.78. The molecule has 2 atom stereocenters. The number of hydrogen-bond acceptors (Lipinski definition) is 7. The van der Waals surface area contributed by atoms with Crippen molar-refractivity contribution in [2.75, 3.05) is 0 Å². The minimum atomic E-state index is -2.72. The van der Waals surface area contributed by atoms with Crippen LogP contribution in [0.1, 0.15) is 104 Å². The third-order valence-electron chi connectivity index (χ3n) is 7.41. The number of rotatable bonds is 6. The average molecular weight is 577 g/mol. The number of aromatic nitrogens is 3. The largest absolute Gasteiger partial charge is 0.591 e. The Bertz CT molecular complexity index is 1310. The summed E-state index contributed by atoms with van der Waals surface area (Å²) in [5.74, 6) is -2.98. The molecule has 2 aromatic heterocycles. The van der Waals surface area contributed by atoms with Gasteiger partial charge in [-0.15, -0.1) is 0 Å². The summed E-state index contributed by atoms with van der Waals surface area (Å²) in [5, 5.41) is 17.4. The molecule has 2 heterocycles. The number of carbonyl (C=O) groups excluding carboxylic acids is 1. The summed E-state index contributed by atoms with van der Waals surface area (Å²) in [7, 11) is 0. The molecule has 0 radical (unpaired) electrons. The number of halogens is 2. The first-order valence-corrected chi connectivity index (χ1v) is 14.8. The van der Waals surface area contributed by atoms with Gasteiger partial charge in [-0.25, -0.2) is 23.1 Å². The van der Waals surface area contributed by atoms with E-state index in [4.69, 9.17) is 9.72 Å². The molecule has 1 amide bonds. The second kappa shape index (κ2) is 10.9. The summed E-state index contributed by atoms with van der Waals surface area (Å²) < 4.78 is 51.8. The van der Waals surface area contributed by atoms with Crippen LogP contribution < -0.4 is 5.32 Å². The van der Waals surface area contributed by atoms with Crippen LogP contribution in [0, 0.1) is 22.7 Å². The number of imidazole rings is 1. The molecule has 40 heavy (non-hydrogen) atoms. The van der Waals surface area contributed by atoms with Gasteiger partial charge in [-0.3, -0.25) is 0 Å². The van der Waals surface area contributed by atoms with Gasteiger partial charge >= 0.3 is 6.09 Å².